The van der Waals surface area contributed by atoms with Crippen molar-refractivity contribution in [3.8, 4) is 0 Å². The number of amides is 1. The molecule has 0 spiro atoms. The van der Waals surface area contributed by atoms with Crippen LogP contribution < -0.4 is 16.0 Å². The van der Waals surface area contributed by atoms with E-state index in [1.807, 2.05) is 0 Å². The lowest BCUT2D eigenvalue weighted by molar-refractivity contribution is -0.137. The standard InChI is InChI=1S/C22H28F4N6O2/c1-2-32(10-14-3-5-16(6-4-14)22(24,25)26)21-19(23)20(29-13-30-21)28-9-15-7-8-31(11-17(15)33)12-18(27)34/h3-6,13,15,17,33H,2,7-12H2,1H3,(H2,27,34)(H,28,29,30)/t15-,17-/m1/s1. The van der Waals surface area contributed by atoms with E-state index in [1.54, 1.807) is 16.7 Å². The molecule has 0 aliphatic carbocycles. The van der Waals surface area contributed by atoms with Crippen LogP contribution in [0.1, 0.15) is 24.5 Å². The lowest BCUT2D eigenvalue weighted by atomic mass is 9.93. The Labute approximate surface area is 194 Å². The van der Waals surface area contributed by atoms with Crippen molar-refractivity contribution in [2.24, 2.45) is 11.7 Å². The third kappa shape index (κ3) is 6.54. The number of nitrogens with zero attached hydrogens (tertiary/aromatic N) is 4. The summed E-state index contributed by atoms with van der Waals surface area (Å²) in [7, 11) is 0. The summed E-state index contributed by atoms with van der Waals surface area (Å²) in [6.07, 6.45) is -3.33. The Balaban J connectivity index is 1.64. The van der Waals surface area contributed by atoms with Crippen LogP contribution in [-0.2, 0) is 17.5 Å². The van der Waals surface area contributed by atoms with Crippen molar-refractivity contribution in [1.82, 2.24) is 14.9 Å². The fraction of sp³-hybridized carbons (Fsp3) is 0.500. The first-order valence-electron chi connectivity index (χ1n) is 10.9. The topological polar surface area (TPSA) is 108 Å². The Kier molecular flexibility index (Phi) is 8.26. The SMILES string of the molecule is CCN(Cc1ccc(C(F)(F)F)cc1)c1ncnc(NC[C@H]2CCN(CC(N)=O)C[C@H]2O)c1F. The van der Waals surface area contributed by atoms with Crippen LogP contribution in [0.4, 0.5) is 29.2 Å². The molecule has 0 unspecified atom stereocenters. The van der Waals surface area contributed by atoms with Gasteiger partial charge in [0.15, 0.2) is 11.6 Å². The predicted molar refractivity (Wildman–Crippen MR) is 118 cm³/mol. The Morgan fingerprint density at radius 2 is 2.00 bits per heavy atom. The number of carbonyl (C=O) groups is 1. The number of aromatic nitrogens is 2. The highest BCUT2D eigenvalue weighted by molar-refractivity contribution is 5.75. The normalized spacial score (nSPS) is 19.1. The summed E-state index contributed by atoms with van der Waals surface area (Å²) < 4.78 is 53.6. The minimum Gasteiger partial charge on any atom is -0.391 e. The molecular weight excluding hydrogens is 456 g/mol. The first-order chi connectivity index (χ1) is 16.1. The van der Waals surface area contributed by atoms with Gasteiger partial charge in [-0.2, -0.15) is 17.6 Å². The number of alkyl halides is 3. The zero-order chi connectivity index (χ0) is 24.9. The highest BCUT2D eigenvalue weighted by Crippen LogP contribution is 2.30. The Morgan fingerprint density at radius 3 is 2.59 bits per heavy atom. The molecule has 1 fully saturated rings. The van der Waals surface area contributed by atoms with Crippen LogP contribution in [-0.4, -0.2) is 64.7 Å². The number of hydrogen-bond acceptors (Lipinski definition) is 7. The molecule has 12 heteroatoms. The molecule has 186 valence electrons. The van der Waals surface area contributed by atoms with Gasteiger partial charge in [-0.05, 0) is 37.6 Å². The van der Waals surface area contributed by atoms with Gasteiger partial charge in [-0.1, -0.05) is 12.1 Å². The van der Waals surface area contributed by atoms with E-state index in [2.05, 4.69) is 15.3 Å². The van der Waals surface area contributed by atoms with Gasteiger partial charge >= 0.3 is 6.18 Å². The number of benzene rings is 1. The maximum Gasteiger partial charge on any atom is 0.416 e. The number of piperidine rings is 1. The van der Waals surface area contributed by atoms with Crippen molar-refractivity contribution in [1.29, 1.82) is 0 Å². The summed E-state index contributed by atoms with van der Waals surface area (Å²) in [4.78, 5) is 22.4. The molecule has 4 N–H and O–H groups in total. The Hall–Kier alpha value is -2.99. The highest BCUT2D eigenvalue weighted by Gasteiger charge is 2.30. The summed E-state index contributed by atoms with van der Waals surface area (Å²) in [5.41, 5.74) is 5.03. The van der Waals surface area contributed by atoms with E-state index < -0.39 is 29.6 Å². The maximum atomic E-state index is 15.2. The van der Waals surface area contributed by atoms with Gasteiger partial charge in [0.1, 0.15) is 6.33 Å². The van der Waals surface area contributed by atoms with Crippen LogP contribution >= 0.6 is 0 Å². The van der Waals surface area contributed by atoms with E-state index in [9.17, 15) is 23.1 Å². The number of aliphatic hydroxyl groups excluding tert-OH is 1. The second-order valence-corrected chi connectivity index (χ2v) is 8.27. The van der Waals surface area contributed by atoms with Gasteiger partial charge in [0.05, 0.1) is 18.2 Å². The molecule has 1 aliphatic rings. The molecular formula is C22H28F4N6O2. The van der Waals surface area contributed by atoms with Gasteiger partial charge < -0.3 is 21.1 Å². The first-order valence-corrected chi connectivity index (χ1v) is 10.9. The molecule has 0 radical (unpaired) electrons. The molecule has 8 nitrogen and oxygen atoms in total. The number of carbonyl (C=O) groups excluding carboxylic acids is 1. The van der Waals surface area contributed by atoms with Crippen molar-refractivity contribution in [2.75, 3.05) is 42.9 Å². The second kappa shape index (κ2) is 11.0. The van der Waals surface area contributed by atoms with Crippen molar-refractivity contribution < 1.29 is 27.5 Å². The Morgan fingerprint density at radius 1 is 1.29 bits per heavy atom. The van der Waals surface area contributed by atoms with Gasteiger partial charge in [0.2, 0.25) is 11.7 Å². The number of aliphatic hydroxyl groups is 1. The molecule has 1 aromatic heterocycles. The molecule has 1 amide bonds. The monoisotopic (exact) mass is 484 g/mol. The number of halogens is 4. The van der Waals surface area contributed by atoms with Crippen LogP contribution in [0.15, 0.2) is 30.6 Å². The molecule has 2 heterocycles. The average molecular weight is 484 g/mol. The number of nitrogens with two attached hydrogens (primary N) is 1. The molecule has 1 saturated heterocycles. The molecule has 0 bridgehead atoms. The van der Waals surface area contributed by atoms with Crippen molar-refractivity contribution in [3.05, 3.63) is 47.5 Å². The van der Waals surface area contributed by atoms with Crippen LogP contribution in [0, 0.1) is 11.7 Å². The molecule has 2 atom stereocenters. The number of anilines is 2. The molecule has 2 aromatic rings. The quantitative estimate of drug-likeness (QED) is 0.469. The smallest absolute Gasteiger partial charge is 0.391 e. The van der Waals surface area contributed by atoms with Crippen LogP contribution in [0.2, 0.25) is 0 Å². The average Bonchev–Trinajstić information content (AvgIpc) is 2.77. The molecule has 34 heavy (non-hydrogen) atoms. The number of rotatable bonds is 9. The summed E-state index contributed by atoms with van der Waals surface area (Å²) in [6.45, 7) is 3.54. The van der Waals surface area contributed by atoms with E-state index in [-0.39, 0.29) is 37.2 Å². The van der Waals surface area contributed by atoms with Gasteiger partial charge in [-0.25, -0.2) is 9.97 Å². The van der Waals surface area contributed by atoms with E-state index in [0.717, 1.165) is 12.1 Å². The zero-order valence-corrected chi connectivity index (χ0v) is 18.7. The lowest BCUT2D eigenvalue weighted by Gasteiger charge is -2.35. The van der Waals surface area contributed by atoms with Crippen molar-refractivity contribution >= 4 is 17.5 Å². The maximum absolute atomic E-state index is 15.2. The van der Waals surface area contributed by atoms with E-state index in [1.165, 1.54) is 18.5 Å². The highest BCUT2D eigenvalue weighted by atomic mass is 19.4. The van der Waals surface area contributed by atoms with Crippen molar-refractivity contribution in [3.63, 3.8) is 0 Å². The van der Waals surface area contributed by atoms with Gasteiger partial charge in [0, 0.05) is 32.1 Å². The van der Waals surface area contributed by atoms with Crippen LogP contribution in [0.5, 0.6) is 0 Å². The van der Waals surface area contributed by atoms with Gasteiger partial charge in [-0.15, -0.1) is 0 Å². The number of likely N-dealkylation sites (tertiary alicyclic amines) is 1. The lowest BCUT2D eigenvalue weighted by Crippen LogP contribution is -2.48. The van der Waals surface area contributed by atoms with Crippen LogP contribution in [0.25, 0.3) is 0 Å². The first kappa shape index (κ1) is 25.6. The van der Waals surface area contributed by atoms with E-state index >= 15 is 4.39 Å². The number of hydrogen-bond donors (Lipinski definition) is 3. The zero-order valence-electron chi connectivity index (χ0n) is 18.7. The number of nitrogens with one attached hydrogen (secondary N) is 1. The van der Waals surface area contributed by atoms with E-state index in [4.69, 9.17) is 5.73 Å². The largest absolute Gasteiger partial charge is 0.416 e. The third-order valence-corrected chi connectivity index (χ3v) is 5.82. The van der Waals surface area contributed by atoms with Crippen LogP contribution in [0.3, 0.4) is 0 Å². The van der Waals surface area contributed by atoms with Gasteiger partial charge in [0.25, 0.3) is 0 Å². The molecule has 1 aromatic carbocycles. The fourth-order valence-electron chi connectivity index (χ4n) is 3.94. The van der Waals surface area contributed by atoms with Crippen molar-refractivity contribution in [2.45, 2.75) is 32.2 Å². The fourth-order valence-corrected chi connectivity index (χ4v) is 3.94. The second-order valence-electron chi connectivity index (χ2n) is 8.27. The summed E-state index contributed by atoms with van der Waals surface area (Å²) in [5, 5.41) is 13.3. The minimum absolute atomic E-state index is 0.0247. The summed E-state index contributed by atoms with van der Waals surface area (Å²) >= 11 is 0. The number of β-amino-alcohol motifs (C(OH)–C–C–N with tert-alkyl or cyclic N) is 1. The molecule has 1 aliphatic heterocycles. The van der Waals surface area contributed by atoms with Gasteiger partial charge in [-0.3, -0.25) is 9.69 Å². The predicted octanol–water partition coefficient (Wildman–Crippen LogP) is 2.24. The molecule has 3 rings (SSSR count). The Bertz CT molecular complexity index is 973. The number of primary amides is 1. The molecule has 0 saturated carbocycles. The minimum atomic E-state index is -4.42. The summed E-state index contributed by atoms with van der Waals surface area (Å²) in [6, 6.07) is 4.70. The summed E-state index contributed by atoms with van der Waals surface area (Å²) in [5.74, 6) is -1.32. The van der Waals surface area contributed by atoms with E-state index in [0.29, 0.717) is 31.6 Å². The third-order valence-electron chi connectivity index (χ3n) is 5.82.